The SMILES string of the molecule is CC.CCC.CCSCCc1nccc(C)n1. The lowest BCUT2D eigenvalue weighted by Gasteiger charge is -1.98. The van der Waals surface area contributed by atoms with Crippen molar-refractivity contribution < 1.29 is 0 Å². The zero-order chi connectivity index (χ0) is 13.5. The van der Waals surface area contributed by atoms with Gasteiger partial charge in [0.15, 0.2) is 0 Å². The maximum absolute atomic E-state index is 4.32. The van der Waals surface area contributed by atoms with Crippen LogP contribution in [0.4, 0.5) is 0 Å². The molecule has 1 aromatic rings. The quantitative estimate of drug-likeness (QED) is 0.741. The molecular weight excluding hydrogens is 228 g/mol. The second kappa shape index (κ2) is 15.4. The molecule has 1 aromatic heterocycles. The number of hydrogen-bond donors (Lipinski definition) is 0. The smallest absolute Gasteiger partial charge is 0.129 e. The number of thioether (sulfide) groups is 1. The van der Waals surface area contributed by atoms with Gasteiger partial charge in [0.2, 0.25) is 0 Å². The number of rotatable bonds is 4. The Morgan fingerprint density at radius 2 is 1.76 bits per heavy atom. The highest BCUT2D eigenvalue weighted by Gasteiger charge is 1.95. The summed E-state index contributed by atoms with van der Waals surface area (Å²) >= 11 is 1.93. The van der Waals surface area contributed by atoms with E-state index >= 15 is 0 Å². The van der Waals surface area contributed by atoms with E-state index in [-0.39, 0.29) is 0 Å². The molecule has 100 valence electrons. The van der Waals surface area contributed by atoms with Gasteiger partial charge in [-0.25, -0.2) is 9.97 Å². The van der Waals surface area contributed by atoms with Crippen molar-refractivity contribution in [3.05, 3.63) is 23.8 Å². The number of nitrogens with zero attached hydrogens (tertiary/aromatic N) is 2. The fourth-order valence-corrected chi connectivity index (χ4v) is 1.54. The molecule has 1 heterocycles. The van der Waals surface area contributed by atoms with Crippen LogP contribution in [-0.2, 0) is 6.42 Å². The summed E-state index contributed by atoms with van der Waals surface area (Å²) < 4.78 is 0. The summed E-state index contributed by atoms with van der Waals surface area (Å²) in [4.78, 5) is 8.51. The van der Waals surface area contributed by atoms with Crippen molar-refractivity contribution >= 4 is 11.8 Å². The van der Waals surface area contributed by atoms with Gasteiger partial charge < -0.3 is 0 Å². The van der Waals surface area contributed by atoms with Gasteiger partial charge in [-0.15, -0.1) is 0 Å². The van der Waals surface area contributed by atoms with Crippen LogP contribution in [0.15, 0.2) is 12.3 Å². The first kappa shape index (κ1) is 18.8. The summed E-state index contributed by atoms with van der Waals surface area (Å²) in [6.07, 6.45) is 4.06. The van der Waals surface area contributed by atoms with Gasteiger partial charge in [0.25, 0.3) is 0 Å². The minimum absolute atomic E-state index is 0.968. The normalized spacial score (nSPS) is 8.59. The van der Waals surface area contributed by atoms with Gasteiger partial charge in [0.05, 0.1) is 0 Å². The number of aromatic nitrogens is 2. The van der Waals surface area contributed by atoms with Crippen LogP contribution < -0.4 is 0 Å². The minimum Gasteiger partial charge on any atom is -0.241 e. The number of aryl methyl sites for hydroxylation is 2. The first-order valence-electron chi connectivity index (χ1n) is 6.60. The van der Waals surface area contributed by atoms with Gasteiger partial charge in [0.1, 0.15) is 5.82 Å². The average molecular weight is 256 g/mol. The van der Waals surface area contributed by atoms with Crippen LogP contribution in [0.1, 0.15) is 52.6 Å². The Kier molecular flexibility index (Phi) is 17.1. The predicted molar refractivity (Wildman–Crippen MR) is 80.8 cm³/mol. The van der Waals surface area contributed by atoms with Gasteiger partial charge in [0, 0.05) is 24.1 Å². The van der Waals surface area contributed by atoms with Gasteiger partial charge in [-0.05, 0) is 18.7 Å². The Hall–Kier alpha value is -0.570. The lowest BCUT2D eigenvalue weighted by Crippen LogP contribution is -1.97. The molecule has 0 atom stereocenters. The van der Waals surface area contributed by atoms with Crippen LogP contribution >= 0.6 is 11.8 Å². The molecule has 0 aliphatic heterocycles. The molecule has 2 nitrogen and oxygen atoms in total. The highest BCUT2D eigenvalue weighted by molar-refractivity contribution is 7.99. The second-order valence-electron chi connectivity index (χ2n) is 3.27. The molecule has 0 bridgehead atoms. The van der Waals surface area contributed by atoms with Crippen LogP contribution in [0.3, 0.4) is 0 Å². The molecule has 0 fully saturated rings. The Labute approximate surface area is 112 Å². The topological polar surface area (TPSA) is 25.8 Å². The molecule has 0 aliphatic carbocycles. The minimum atomic E-state index is 0.968. The van der Waals surface area contributed by atoms with E-state index in [2.05, 4.69) is 30.7 Å². The standard InChI is InChI=1S/C9H14N2S.C3H8.C2H6/c1-3-12-7-5-9-10-6-4-8(2)11-9;1-3-2;1-2/h4,6H,3,5,7H2,1-2H3;3H2,1-2H3;1-2H3. The Bertz CT molecular complexity index is 252. The van der Waals surface area contributed by atoms with Crippen molar-refractivity contribution in [3.63, 3.8) is 0 Å². The Balaban J connectivity index is 0. The maximum atomic E-state index is 4.32. The molecule has 3 heteroatoms. The summed E-state index contributed by atoms with van der Waals surface area (Å²) in [6.45, 7) is 12.4. The Morgan fingerprint density at radius 1 is 1.18 bits per heavy atom. The first-order chi connectivity index (χ1) is 8.24. The van der Waals surface area contributed by atoms with E-state index in [1.54, 1.807) is 0 Å². The third kappa shape index (κ3) is 13.4. The van der Waals surface area contributed by atoms with Gasteiger partial charge in [-0.2, -0.15) is 11.8 Å². The molecule has 17 heavy (non-hydrogen) atoms. The second-order valence-corrected chi connectivity index (χ2v) is 4.66. The van der Waals surface area contributed by atoms with E-state index in [1.807, 2.05) is 44.8 Å². The summed E-state index contributed by atoms with van der Waals surface area (Å²) in [5.74, 6) is 3.27. The molecule has 0 radical (unpaired) electrons. The molecular formula is C14H28N2S. The third-order valence-corrected chi connectivity index (χ3v) is 2.42. The molecule has 0 saturated heterocycles. The summed E-state index contributed by atoms with van der Waals surface area (Å²) in [5, 5.41) is 0. The maximum Gasteiger partial charge on any atom is 0.129 e. The fraction of sp³-hybridized carbons (Fsp3) is 0.714. The summed E-state index contributed by atoms with van der Waals surface area (Å²) in [6, 6.07) is 1.93. The van der Waals surface area contributed by atoms with Crippen LogP contribution in [0, 0.1) is 6.92 Å². The van der Waals surface area contributed by atoms with Crippen LogP contribution in [0.25, 0.3) is 0 Å². The monoisotopic (exact) mass is 256 g/mol. The summed E-state index contributed by atoms with van der Waals surface area (Å²) in [5.41, 5.74) is 1.06. The van der Waals surface area contributed by atoms with E-state index in [0.29, 0.717) is 0 Å². The average Bonchev–Trinajstić information content (AvgIpc) is 2.33. The highest BCUT2D eigenvalue weighted by atomic mass is 32.2. The highest BCUT2D eigenvalue weighted by Crippen LogP contribution is 2.02. The first-order valence-corrected chi connectivity index (χ1v) is 7.76. The molecule has 0 spiro atoms. The molecule has 0 unspecified atom stereocenters. The van der Waals surface area contributed by atoms with E-state index in [4.69, 9.17) is 0 Å². The van der Waals surface area contributed by atoms with Gasteiger partial charge in [-0.3, -0.25) is 0 Å². The van der Waals surface area contributed by atoms with Crippen molar-refractivity contribution in [2.75, 3.05) is 11.5 Å². The van der Waals surface area contributed by atoms with Crippen molar-refractivity contribution in [2.45, 2.75) is 54.4 Å². The molecule has 0 aromatic carbocycles. The van der Waals surface area contributed by atoms with Crippen molar-refractivity contribution in [1.29, 1.82) is 0 Å². The van der Waals surface area contributed by atoms with Gasteiger partial charge >= 0.3 is 0 Å². The number of hydrogen-bond acceptors (Lipinski definition) is 3. The molecule has 1 rings (SSSR count). The Morgan fingerprint density at radius 3 is 2.24 bits per heavy atom. The lowest BCUT2D eigenvalue weighted by atomic mass is 10.4. The molecule has 0 amide bonds. The predicted octanol–water partition coefficient (Wildman–Crippen LogP) is 4.52. The lowest BCUT2D eigenvalue weighted by molar-refractivity contribution is 0.924. The van der Waals surface area contributed by atoms with Crippen LogP contribution in [0.5, 0.6) is 0 Å². The molecule has 0 N–H and O–H groups in total. The molecule has 0 saturated carbocycles. The van der Waals surface area contributed by atoms with E-state index < -0.39 is 0 Å². The largest absolute Gasteiger partial charge is 0.241 e. The zero-order valence-electron chi connectivity index (χ0n) is 12.3. The van der Waals surface area contributed by atoms with Gasteiger partial charge in [-0.1, -0.05) is 41.0 Å². The van der Waals surface area contributed by atoms with Crippen LogP contribution in [-0.4, -0.2) is 21.5 Å². The van der Waals surface area contributed by atoms with Crippen molar-refractivity contribution in [2.24, 2.45) is 0 Å². The fourth-order valence-electron chi connectivity index (χ4n) is 0.929. The third-order valence-electron chi connectivity index (χ3n) is 1.52. The van der Waals surface area contributed by atoms with Crippen molar-refractivity contribution in [3.8, 4) is 0 Å². The van der Waals surface area contributed by atoms with Crippen LogP contribution in [0.2, 0.25) is 0 Å². The molecule has 0 aliphatic rings. The van der Waals surface area contributed by atoms with Crippen molar-refractivity contribution in [1.82, 2.24) is 9.97 Å². The van der Waals surface area contributed by atoms with E-state index in [9.17, 15) is 0 Å². The van der Waals surface area contributed by atoms with E-state index in [0.717, 1.165) is 23.7 Å². The summed E-state index contributed by atoms with van der Waals surface area (Å²) in [7, 11) is 0. The zero-order valence-corrected chi connectivity index (χ0v) is 13.1. The van der Waals surface area contributed by atoms with E-state index in [1.165, 1.54) is 12.2 Å².